The Bertz CT molecular complexity index is 649. The molecule has 1 unspecified atom stereocenters. The molecule has 2 nitrogen and oxygen atoms in total. The van der Waals surface area contributed by atoms with E-state index in [9.17, 15) is 13.0 Å². The molecule has 0 aliphatic carbocycles. The first-order valence-corrected chi connectivity index (χ1v) is 7.46. The Kier molecular flexibility index (Phi) is 4.31. The maximum absolute atomic E-state index is 13.1. The molecule has 0 aliphatic rings. The number of hydrogen-bond acceptors (Lipinski definition) is 2. The molecule has 2 N–H and O–H groups in total. The van der Waals surface area contributed by atoms with E-state index in [-0.39, 0.29) is 5.75 Å². The number of benzene rings is 2. The Morgan fingerprint density at radius 3 is 2.47 bits per heavy atom. The zero-order valence-electron chi connectivity index (χ0n) is 9.70. The molecule has 0 spiro atoms. The molecule has 0 saturated heterocycles. The van der Waals surface area contributed by atoms with Crippen molar-refractivity contribution in [2.24, 2.45) is 0 Å². The van der Waals surface area contributed by atoms with Crippen LogP contribution in [0.1, 0.15) is 5.56 Å². The van der Waals surface area contributed by atoms with Crippen molar-refractivity contribution in [1.29, 1.82) is 0 Å². The molecule has 6 heteroatoms. The fraction of sp³-hybridized carbons (Fsp3) is 0.0769. The lowest BCUT2D eigenvalue weighted by atomic mass is 10.2. The van der Waals surface area contributed by atoms with Crippen molar-refractivity contribution in [2.75, 3.05) is 5.73 Å². The van der Waals surface area contributed by atoms with Crippen LogP contribution in [0.5, 0.6) is 0 Å². The molecular formula is C13H10BrF2NOS. The Morgan fingerprint density at radius 2 is 1.84 bits per heavy atom. The minimum Gasteiger partial charge on any atom is -0.398 e. The maximum Gasteiger partial charge on any atom is 0.159 e. The summed E-state index contributed by atoms with van der Waals surface area (Å²) in [5.74, 6) is -1.78. The van der Waals surface area contributed by atoms with Gasteiger partial charge in [0.2, 0.25) is 0 Å². The highest BCUT2D eigenvalue weighted by atomic mass is 79.9. The summed E-state index contributed by atoms with van der Waals surface area (Å²) < 4.78 is 38.8. The van der Waals surface area contributed by atoms with Gasteiger partial charge in [-0.25, -0.2) is 8.78 Å². The second kappa shape index (κ2) is 5.79. The molecule has 0 amide bonds. The van der Waals surface area contributed by atoms with Crippen LogP contribution in [-0.4, -0.2) is 4.21 Å². The molecule has 2 aromatic rings. The lowest BCUT2D eigenvalue weighted by Crippen LogP contribution is -2.01. The predicted molar refractivity (Wildman–Crippen MR) is 75.0 cm³/mol. The van der Waals surface area contributed by atoms with E-state index < -0.39 is 22.4 Å². The Morgan fingerprint density at radius 1 is 1.11 bits per heavy atom. The molecule has 0 bridgehead atoms. The molecule has 100 valence electrons. The largest absolute Gasteiger partial charge is 0.398 e. The average molecular weight is 346 g/mol. The van der Waals surface area contributed by atoms with Crippen LogP contribution in [0.3, 0.4) is 0 Å². The summed E-state index contributed by atoms with van der Waals surface area (Å²) in [4.78, 5) is 0.480. The minimum absolute atomic E-state index is 0.0863. The average Bonchev–Trinajstić information content (AvgIpc) is 2.33. The first-order chi connectivity index (χ1) is 8.97. The molecule has 0 heterocycles. The molecule has 2 aromatic carbocycles. The van der Waals surface area contributed by atoms with Gasteiger partial charge < -0.3 is 5.73 Å². The highest BCUT2D eigenvalue weighted by Gasteiger charge is 2.11. The van der Waals surface area contributed by atoms with E-state index in [1.165, 1.54) is 6.07 Å². The van der Waals surface area contributed by atoms with Crippen LogP contribution in [-0.2, 0) is 16.6 Å². The van der Waals surface area contributed by atoms with Gasteiger partial charge in [0.05, 0.1) is 21.4 Å². The normalized spacial score (nSPS) is 12.4. The lowest BCUT2D eigenvalue weighted by molar-refractivity contribution is 0.507. The van der Waals surface area contributed by atoms with Crippen molar-refractivity contribution in [2.45, 2.75) is 10.6 Å². The fourth-order valence-electron chi connectivity index (χ4n) is 1.59. The molecular weight excluding hydrogens is 336 g/mol. The van der Waals surface area contributed by atoms with Gasteiger partial charge in [0.25, 0.3) is 0 Å². The summed E-state index contributed by atoms with van der Waals surface area (Å²) in [6.45, 7) is 0. The molecule has 0 fully saturated rings. The van der Waals surface area contributed by atoms with Crippen LogP contribution >= 0.6 is 15.9 Å². The summed E-state index contributed by atoms with van der Waals surface area (Å²) in [6.07, 6.45) is 0. The van der Waals surface area contributed by atoms with Crippen molar-refractivity contribution in [3.63, 3.8) is 0 Å². The SMILES string of the molecule is Nc1cc(Br)ccc1S(=O)Cc1ccc(F)c(F)c1. The van der Waals surface area contributed by atoms with Gasteiger partial charge in [-0.2, -0.15) is 0 Å². The highest BCUT2D eigenvalue weighted by molar-refractivity contribution is 9.10. The van der Waals surface area contributed by atoms with Crippen LogP contribution in [0.15, 0.2) is 45.8 Å². The monoisotopic (exact) mass is 345 g/mol. The summed E-state index contributed by atoms with van der Waals surface area (Å²) in [6, 6.07) is 8.50. The van der Waals surface area contributed by atoms with E-state index in [0.29, 0.717) is 16.1 Å². The van der Waals surface area contributed by atoms with Crippen LogP contribution in [0.25, 0.3) is 0 Å². The molecule has 0 saturated carbocycles. The van der Waals surface area contributed by atoms with Gasteiger partial charge in [-0.15, -0.1) is 0 Å². The number of anilines is 1. The van der Waals surface area contributed by atoms with Crippen LogP contribution in [0.4, 0.5) is 14.5 Å². The van der Waals surface area contributed by atoms with Crippen molar-refractivity contribution in [3.8, 4) is 0 Å². The topological polar surface area (TPSA) is 43.1 Å². The van der Waals surface area contributed by atoms with Crippen LogP contribution < -0.4 is 5.73 Å². The maximum atomic E-state index is 13.1. The first-order valence-electron chi connectivity index (χ1n) is 5.34. The van der Waals surface area contributed by atoms with E-state index in [2.05, 4.69) is 15.9 Å². The van der Waals surface area contributed by atoms with Gasteiger partial charge in [-0.05, 0) is 35.9 Å². The Hall–Kier alpha value is -1.27. The standard InChI is InChI=1S/C13H10BrF2NOS/c14-9-2-4-13(12(17)6-9)19(18)7-8-1-3-10(15)11(16)5-8/h1-6H,7,17H2. The van der Waals surface area contributed by atoms with Gasteiger partial charge in [-0.1, -0.05) is 22.0 Å². The van der Waals surface area contributed by atoms with Crippen molar-refractivity contribution < 1.29 is 13.0 Å². The summed E-state index contributed by atoms with van der Waals surface area (Å²) in [7, 11) is -1.40. The number of nitrogens with two attached hydrogens (primary N) is 1. The number of nitrogen functional groups attached to an aromatic ring is 1. The molecule has 2 rings (SSSR count). The summed E-state index contributed by atoms with van der Waals surface area (Å²) in [5.41, 5.74) is 6.63. The Balaban J connectivity index is 2.23. The number of rotatable bonds is 3. The third-order valence-electron chi connectivity index (χ3n) is 2.50. The minimum atomic E-state index is -1.40. The van der Waals surface area contributed by atoms with Crippen LogP contribution in [0, 0.1) is 11.6 Å². The molecule has 19 heavy (non-hydrogen) atoms. The van der Waals surface area contributed by atoms with Gasteiger partial charge in [-0.3, -0.25) is 4.21 Å². The number of hydrogen-bond donors (Lipinski definition) is 1. The summed E-state index contributed by atoms with van der Waals surface area (Å²) >= 11 is 3.26. The van der Waals surface area contributed by atoms with E-state index in [1.807, 2.05) is 0 Å². The summed E-state index contributed by atoms with van der Waals surface area (Å²) in [5, 5.41) is 0. The highest BCUT2D eigenvalue weighted by Crippen LogP contribution is 2.23. The van der Waals surface area contributed by atoms with Gasteiger partial charge in [0.15, 0.2) is 11.6 Å². The molecule has 0 radical (unpaired) electrons. The number of halogens is 3. The van der Waals surface area contributed by atoms with Gasteiger partial charge in [0.1, 0.15) is 0 Å². The van der Waals surface area contributed by atoms with Crippen LogP contribution in [0.2, 0.25) is 0 Å². The van der Waals surface area contributed by atoms with Crippen molar-refractivity contribution in [1.82, 2.24) is 0 Å². The van der Waals surface area contributed by atoms with Gasteiger partial charge >= 0.3 is 0 Å². The zero-order valence-corrected chi connectivity index (χ0v) is 12.1. The zero-order chi connectivity index (χ0) is 14.0. The first kappa shape index (κ1) is 14.1. The quantitative estimate of drug-likeness (QED) is 0.863. The second-order valence-corrected chi connectivity index (χ2v) is 6.26. The predicted octanol–water partition coefficient (Wildman–Crippen LogP) is 3.62. The lowest BCUT2D eigenvalue weighted by Gasteiger charge is -2.07. The fourth-order valence-corrected chi connectivity index (χ4v) is 3.14. The van der Waals surface area contributed by atoms with Gasteiger partial charge in [0, 0.05) is 10.2 Å². The smallest absolute Gasteiger partial charge is 0.159 e. The molecule has 0 aliphatic heterocycles. The Labute approximate surface area is 120 Å². The second-order valence-electron chi connectivity index (χ2n) is 3.92. The third-order valence-corrected chi connectivity index (χ3v) is 4.45. The van der Waals surface area contributed by atoms with E-state index in [4.69, 9.17) is 5.73 Å². The molecule has 0 aromatic heterocycles. The third kappa shape index (κ3) is 3.39. The van der Waals surface area contributed by atoms with E-state index in [0.717, 1.165) is 16.6 Å². The molecule has 1 atom stereocenters. The van der Waals surface area contributed by atoms with Crippen molar-refractivity contribution in [3.05, 3.63) is 58.1 Å². The van der Waals surface area contributed by atoms with Crippen molar-refractivity contribution >= 4 is 32.4 Å². The van der Waals surface area contributed by atoms with E-state index in [1.54, 1.807) is 18.2 Å². The van der Waals surface area contributed by atoms with E-state index >= 15 is 0 Å².